The van der Waals surface area contributed by atoms with Gasteiger partial charge < -0.3 is 15.5 Å². The van der Waals surface area contributed by atoms with Crippen LogP contribution < -0.4 is 10.5 Å². The second-order valence-electron chi connectivity index (χ2n) is 4.36. The Bertz CT molecular complexity index is 750. The molecule has 1 aromatic carbocycles. The Morgan fingerprint density at radius 3 is 2.79 bits per heavy atom. The summed E-state index contributed by atoms with van der Waals surface area (Å²) in [6.45, 7) is 3.88. The van der Waals surface area contributed by atoms with Gasteiger partial charge in [0, 0.05) is 5.69 Å². The Hall–Kier alpha value is -2.63. The van der Waals surface area contributed by atoms with Gasteiger partial charge in [-0.25, -0.2) is 9.97 Å². The molecule has 0 saturated heterocycles. The summed E-state index contributed by atoms with van der Waals surface area (Å²) in [4.78, 5) is 15.2. The zero-order valence-corrected chi connectivity index (χ0v) is 10.6. The Morgan fingerprint density at radius 1 is 1.11 bits per heavy atom. The summed E-state index contributed by atoms with van der Waals surface area (Å²) < 4.78 is 5.84. The van der Waals surface area contributed by atoms with E-state index in [1.165, 1.54) is 6.33 Å². The van der Waals surface area contributed by atoms with Crippen LogP contribution in [-0.4, -0.2) is 19.9 Å². The zero-order valence-electron chi connectivity index (χ0n) is 10.6. The number of anilines is 1. The molecule has 0 aliphatic rings. The van der Waals surface area contributed by atoms with Gasteiger partial charge in [-0.1, -0.05) is 0 Å². The van der Waals surface area contributed by atoms with Crippen LogP contribution >= 0.6 is 0 Å². The van der Waals surface area contributed by atoms with Gasteiger partial charge in [0.1, 0.15) is 17.6 Å². The number of hydrogen-bond donors (Lipinski definition) is 2. The zero-order chi connectivity index (χ0) is 13.4. The molecule has 3 rings (SSSR count). The molecule has 2 aromatic heterocycles. The molecular weight excluding hydrogens is 242 g/mol. The van der Waals surface area contributed by atoms with Crippen molar-refractivity contribution >= 4 is 16.9 Å². The number of benzene rings is 1. The highest BCUT2D eigenvalue weighted by molar-refractivity contribution is 5.75. The highest BCUT2D eigenvalue weighted by atomic mass is 16.5. The Morgan fingerprint density at radius 2 is 1.95 bits per heavy atom. The van der Waals surface area contributed by atoms with Crippen molar-refractivity contribution in [1.29, 1.82) is 0 Å². The Kier molecular flexibility index (Phi) is 2.56. The molecule has 0 amide bonds. The van der Waals surface area contributed by atoms with E-state index in [0.717, 1.165) is 22.6 Å². The lowest BCUT2D eigenvalue weighted by atomic mass is 10.1. The van der Waals surface area contributed by atoms with Gasteiger partial charge in [0.05, 0.1) is 6.33 Å². The number of hydrogen-bond acceptors (Lipinski definition) is 5. The van der Waals surface area contributed by atoms with Gasteiger partial charge >= 0.3 is 0 Å². The predicted molar refractivity (Wildman–Crippen MR) is 72.1 cm³/mol. The van der Waals surface area contributed by atoms with Crippen molar-refractivity contribution in [2.45, 2.75) is 13.8 Å². The number of fused-ring (bicyclic) bond motifs is 1. The van der Waals surface area contributed by atoms with Crippen LogP contribution in [0.2, 0.25) is 0 Å². The number of nitrogens with one attached hydrogen (secondary N) is 1. The van der Waals surface area contributed by atoms with E-state index in [4.69, 9.17) is 10.5 Å². The topological polar surface area (TPSA) is 89.7 Å². The minimum atomic E-state index is 0.453. The number of H-pyrrole nitrogens is 1. The summed E-state index contributed by atoms with van der Waals surface area (Å²) in [5.41, 5.74) is 9.79. The third kappa shape index (κ3) is 1.97. The molecule has 0 fully saturated rings. The first-order chi connectivity index (χ1) is 9.15. The fraction of sp³-hybridized carbons (Fsp3) is 0.154. The molecule has 19 heavy (non-hydrogen) atoms. The average molecular weight is 255 g/mol. The normalized spacial score (nSPS) is 10.8. The van der Waals surface area contributed by atoms with Crippen LogP contribution in [0.15, 0.2) is 24.8 Å². The van der Waals surface area contributed by atoms with E-state index < -0.39 is 0 Å². The molecule has 0 aliphatic carbocycles. The summed E-state index contributed by atoms with van der Waals surface area (Å²) in [7, 11) is 0. The smallest absolute Gasteiger partial charge is 0.248 e. The fourth-order valence-electron chi connectivity index (χ4n) is 1.85. The summed E-state index contributed by atoms with van der Waals surface area (Å²) in [6.07, 6.45) is 2.99. The van der Waals surface area contributed by atoms with Crippen LogP contribution in [0.3, 0.4) is 0 Å². The number of aromatic nitrogens is 4. The van der Waals surface area contributed by atoms with Crippen molar-refractivity contribution in [3.63, 3.8) is 0 Å². The van der Waals surface area contributed by atoms with Crippen molar-refractivity contribution in [2.24, 2.45) is 0 Å². The van der Waals surface area contributed by atoms with Crippen molar-refractivity contribution in [3.8, 4) is 11.6 Å². The number of imidazole rings is 1. The highest BCUT2D eigenvalue weighted by Crippen LogP contribution is 2.30. The van der Waals surface area contributed by atoms with E-state index in [9.17, 15) is 0 Å². The second kappa shape index (κ2) is 4.24. The minimum Gasteiger partial charge on any atom is -0.437 e. The van der Waals surface area contributed by atoms with Gasteiger partial charge in [0.2, 0.25) is 5.88 Å². The Balaban J connectivity index is 2.06. The molecule has 0 radical (unpaired) electrons. The number of rotatable bonds is 2. The summed E-state index contributed by atoms with van der Waals surface area (Å²) in [5, 5.41) is 0. The first kappa shape index (κ1) is 11.5. The van der Waals surface area contributed by atoms with E-state index in [0.29, 0.717) is 17.0 Å². The molecule has 0 unspecified atom stereocenters. The van der Waals surface area contributed by atoms with Gasteiger partial charge in [-0.15, -0.1) is 0 Å². The number of nitrogens with zero attached hydrogens (tertiary/aromatic N) is 3. The molecule has 3 N–H and O–H groups in total. The first-order valence-corrected chi connectivity index (χ1v) is 5.84. The maximum absolute atomic E-state index is 5.86. The van der Waals surface area contributed by atoms with Gasteiger partial charge in [-0.3, -0.25) is 0 Å². The van der Waals surface area contributed by atoms with Crippen molar-refractivity contribution < 1.29 is 4.74 Å². The van der Waals surface area contributed by atoms with Crippen LogP contribution in [0.5, 0.6) is 11.6 Å². The predicted octanol–water partition coefficient (Wildman–Crippen LogP) is 2.34. The van der Waals surface area contributed by atoms with E-state index in [1.807, 2.05) is 26.0 Å². The number of aromatic amines is 1. The van der Waals surface area contributed by atoms with Gasteiger partial charge in [0.15, 0.2) is 5.65 Å². The molecule has 6 heteroatoms. The highest BCUT2D eigenvalue weighted by Gasteiger charge is 2.10. The molecule has 6 nitrogen and oxygen atoms in total. The van der Waals surface area contributed by atoms with E-state index in [1.54, 1.807) is 6.33 Å². The van der Waals surface area contributed by atoms with Crippen LogP contribution in [0, 0.1) is 13.8 Å². The molecule has 0 aliphatic heterocycles. The second-order valence-corrected chi connectivity index (χ2v) is 4.36. The van der Waals surface area contributed by atoms with Gasteiger partial charge in [-0.2, -0.15) is 4.98 Å². The number of nitrogen functional groups attached to an aromatic ring is 1. The quantitative estimate of drug-likeness (QED) is 0.686. The maximum Gasteiger partial charge on any atom is 0.248 e. The lowest BCUT2D eigenvalue weighted by molar-refractivity contribution is 0.463. The van der Waals surface area contributed by atoms with Crippen LogP contribution in [0.25, 0.3) is 11.2 Å². The molecule has 0 atom stereocenters. The van der Waals surface area contributed by atoms with Crippen molar-refractivity contribution in [1.82, 2.24) is 19.9 Å². The summed E-state index contributed by atoms with van der Waals surface area (Å²) >= 11 is 0. The monoisotopic (exact) mass is 255 g/mol. The molecule has 0 spiro atoms. The molecule has 2 heterocycles. The third-order valence-electron chi connectivity index (χ3n) is 2.96. The SMILES string of the molecule is Cc1cc(Oc2ncnc3nc[nH]c23)c(C)cc1N. The molecule has 3 aromatic rings. The van der Waals surface area contributed by atoms with Gasteiger partial charge in [-0.05, 0) is 37.1 Å². The lowest BCUT2D eigenvalue weighted by Gasteiger charge is -2.10. The number of ether oxygens (including phenoxy) is 1. The average Bonchev–Trinajstić information content (AvgIpc) is 2.85. The van der Waals surface area contributed by atoms with Gasteiger partial charge in [0.25, 0.3) is 0 Å². The van der Waals surface area contributed by atoms with E-state index >= 15 is 0 Å². The molecule has 0 saturated carbocycles. The molecular formula is C13H13N5O. The van der Waals surface area contributed by atoms with Crippen molar-refractivity contribution in [3.05, 3.63) is 35.9 Å². The summed E-state index contributed by atoms with van der Waals surface area (Å²) in [6, 6.07) is 3.78. The van der Waals surface area contributed by atoms with Crippen LogP contribution in [-0.2, 0) is 0 Å². The van der Waals surface area contributed by atoms with Crippen LogP contribution in [0.1, 0.15) is 11.1 Å². The standard InChI is InChI=1S/C13H13N5O/c1-7-4-10(8(2)3-9(7)14)19-13-11-12(16-5-15-11)17-6-18-13/h3-6H,14H2,1-2H3,(H,15,16,17,18). The van der Waals surface area contributed by atoms with Crippen LogP contribution in [0.4, 0.5) is 5.69 Å². The number of nitrogens with two attached hydrogens (primary N) is 1. The lowest BCUT2D eigenvalue weighted by Crippen LogP contribution is -1.96. The fourth-order valence-corrected chi connectivity index (χ4v) is 1.85. The largest absolute Gasteiger partial charge is 0.437 e. The minimum absolute atomic E-state index is 0.453. The maximum atomic E-state index is 5.86. The van der Waals surface area contributed by atoms with E-state index in [2.05, 4.69) is 19.9 Å². The summed E-state index contributed by atoms with van der Waals surface area (Å²) in [5.74, 6) is 1.18. The molecule has 0 bridgehead atoms. The first-order valence-electron chi connectivity index (χ1n) is 5.84. The van der Waals surface area contributed by atoms with Crippen molar-refractivity contribution in [2.75, 3.05) is 5.73 Å². The number of aryl methyl sites for hydroxylation is 2. The van der Waals surface area contributed by atoms with E-state index in [-0.39, 0.29) is 0 Å². The third-order valence-corrected chi connectivity index (χ3v) is 2.96. The Labute approximate surface area is 109 Å². The molecule has 96 valence electrons.